The van der Waals surface area contributed by atoms with Gasteiger partial charge in [0.25, 0.3) is 0 Å². The van der Waals surface area contributed by atoms with Crippen LogP contribution in [0.2, 0.25) is 6.04 Å². The average molecular weight is 117 g/mol. The van der Waals surface area contributed by atoms with Crippen LogP contribution in [0.1, 0.15) is 20.8 Å². The summed E-state index contributed by atoms with van der Waals surface area (Å²) >= 11 is 0. The normalized spacial score (nSPS) is 12.0. The van der Waals surface area contributed by atoms with Gasteiger partial charge in [-0.2, -0.15) is 0 Å². The number of nitrogens with one attached hydrogen (secondary N) is 1. The summed E-state index contributed by atoms with van der Waals surface area (Å²) in [6.45, 7) is 6.63. The monoisotopic (exact) mass is 117 g/mol. The fraction of sp³-hybridized carbons (Fsp3) is 1.00. The van der Waals surface area contributed by atoms with Gasteiger partial charge < -0.3 is 4.98 Å². The predicted molar refractivity (Wildman–Crippen MR) is 37.3 cm³/mol. The van der Waals surface area contributed by atoms with Crippen molar-refractivity contribution in [3.05, 3.63) is 0 Å². The second-order valence-corrected chi connectivity index (χ2v) is 4.02. The van der Waals surface area contributed by atoms with Crippen LogP contribution in [0.15, 0.2) is 0 Å². The maximum atomic E-state index is 3.43. The Morgan fingerprint density at radius 1 is 1.57 bits per heavy atom. The molecule has 0 aromatic carbocycles. The van der Waals surface area contributed by atoms with E-state index in [9.17, 15) is 0 Å². The molecule has 7 heavy (non-hydrogen) atoms. The Balaban J connectivity index is 2.68. The van der Waals surface area contributed by atoms with Crippen molar-refractivity contribution in [2.45, 2.75) is 32.9 Å². The molecule has 0 radical (unpaired) electrons. The van der Waals surface area contributed by atoms with E-state index in [2.05, 4.69) is 25.8 Å². The van der Waals surface area contributed by atoms with E-state index in [-0.39, 0.29) is 9.68 Å². The third-order valence-electron chi connectivity index (χ3n) is 0.803. The van der Waals surface area contributed by atoms with E-state index in [1.165, 1.54) is 6.04 Å². The summed E-state index contributed by atoms with van der Waals surface area (Å²) in [6, 6.07) is 2.09. The van der Waals surface area contributed by atoms with Gasteiger partial charge in [-0.1, -0.05) is 26.8 Å². The van der Waals surface area contributed by atoms with Crippen molar-refractivity contribution in [3.63, 3.8) is 0 Å². The molecule has 1 N–H and O–H groups in total. The van der Waals surface area contributed by atoms with E-state index >= 15 is 0 Å². The maximum Gasteiger partial charge on any atom is 0.0916 e. The van der Waals surface area contributed by atoms with E-state index in [0.29, 0.717) is 6.04 Å². The first-order valence-electron chi connectivity index (χ1n) is 3.00. The number of rotatable bonds is 3. The lowest BCUT2D eigenvalue weighted by Gasteiger charge is -2.03. The van der Waals surface area contributed by atoms with E-state index in [1.807, 2.05) is 0 Å². The van der Waals surface area contributed by atoms with Crippen LogP contribution >= 0.6 is 0 Å². The molecule has 0 rings (SSSR count). The van der Waals surface area contributed by atoms with Crippen molar-refractivity contribution < 1.29 is 0 Å². The summed E-state index contributed by atoms with van der Waals surface area (Å²) in [5, 5.41) is 0. The van der Waals surface area contributed by atoms with Crippen molar-refractivity contribution in [2.24, 2.45) is 0 Å². The van der Waals surface area contributed by atoms with Crippen molar-refractivity contribution in [2.75, 3.05) is 0 Å². The van der Waals surface area contributed by atoms with Crippen LogP contribution < -0.4 is 4.98 Å². The minimum Gasteiger partial charge on any atom is -0.340 e. The molecule has 0 aromatic heterocycles. The molecule has 0 aliphatic heterocycles. The fourth-order valence-corrected chi connectivity index (χ4v) is 1.30. The molecule has 0 aliphatic rings. The maximum absolute atomic E-state index is 3.43. The van der Waals surface area contributed by atoms with Crippen LogP contribution in [0.4, 0.5) is 0 Å². The minimum atomic E-state index is 0.124. The summed E-state index contributed by atoms with van der Waals surface area (Å²) in [6.07, 6.45) is 0. The smallest absolute Gasteiger partial charge is 0.0916 e. The minimum absolute atomic E-state index is 0.124. The van der Waals surface area contributed by atoms with Gasteiger partial charge in [-0.05, 0) is 6.04 Å². The fourth-order valence-electron chi connectivity index (χ4n) is 0.433. The Morgan fingerprint density at radius 2 is 2.14 bits per heavy atom. The van der Waals surface area contributed by atoms with Crippen LogP contribution in [-0.4, -0.2) is 15.7 Å². The number of hydrogen-bond acceptors (Lipinski definition) is 1. The third kappa shape index (κ3) is 6.18. The molecule has 0 bridgehead atoms. The SMILES string of the molecule is CC[SiH2]NC(C)C. The Kier molecular flexibility index (Phi) is 4.45. The second-order valence-electron chi connectivity index (χ2n) is 2.11. The van der Waals surface area contributed by atoms with Gasteiger partial charge in [-0.15, -0.1) is 0 Å². The summed E-state index contributed by atoms with van der Waals surface area (Å²) in [5.41, 5.74) is 0. The molecular weight excluding hydrogens is 102 g/mol. The first-order valence-corrected chi connectivity index (χ1v) is 4.71. The van der Waals surface area contributed by atoms with Gasteiger partial charge in [0.1, 0.15) is 0 Å². The third-order valence-corrected chi connectivity index (χ3v) is 2.41. The van der Waals surface area contributed by atoms with Crippen LogP contribution in [-0.2, 0) is 0 Å². The summed E-state index contributed by atoms with van der Waals surface area (Å²) in [7, 11) is 0.124. The second kappa shape index (κ2) is 4.34. The summed E-state index contributed by atoms with van der Waals surface area (Å²) < 4.78 is 0. The quantitative estimate of drug-likeness (QED) is 0.531. The summed E-state index contributed by atoms with van der Waals surface area (Å²) in [5.74, 6) is 0. The molecule has 0 fully saturated rings. The highest BCUT2D eigenvalue weighted by molar-refractivity contribution is 6.31. The zero-order valence-electron chi connectivity index (χ0n) is 5.49. The molecule has 0 saturated carbocycles. The molecule has 0 amide bonds. The first kappa shape index (κ1) is 7.18. The van der Waals surface area contributed by atoms with Gasteiger partial charge in [0, 0.05) is 0 Å². The van der Waals surface area contributed by atoms with E-state index in [4.69, 9.17) is 0 Å². The molecule has 0 atom stereocenters. The van der Waals surface area contributed by atoms with E-state index in [0.717, 1.165) is 0 Å². The van der Waals surface area contributed by atoms with Crippen molar-refractivity contribution in [1.82, 2.24) is 4.98 Å². The van der Waals surface area contributed by atoms with Crippen LogP contribution in [0, 0.1) is 0 Å². The molecule has 0 aromatic rings. The van der Waals surface area contributed by atoms with Crippen LogP contribution in [0.5, 0.6) is 0 Å². The zero-order valence-corrected chi connectivity index (χ0v) is 6.91. The van der Waals surface area contributed by atoms with Crippen LogP contribution in [0.3, 0.4) is 0 Å². The average Bonchev–Trinajstić information content (AvgIpc) is 1.61. The highest BCUT2D eigenvalue weighted by Crippen LogP contribution is 1.74. The lowest BCUT2D eigenvalue weighted by atomic mass is 10.4. The van der Waals surface area contributed by atoms with Gasteiger partial charge in [0.15, 0.2) is 0 Å². The molecule has 0 heterocycles. The Morgan fingerprint density at radius 3 is 2.29 bits per heavy atom. The molecular formula is C5H15NSi. The Hall–Kier alpha value is 0.177. The molecule has 2 heteroatoms. The van der Waals surface area contributed by atoms with E-state index in [1.54, 1.807) is 0 Å². The van der Waals surface area contributed by atoms with Crippen LogP contribution in [0.25, 0.3) is 0 Å². The van der Waals surface area contributed by atoms with E-state index < -0.39 is 0 Å². The first-order chi connectivity index (χ1) is 3.27. The van der Waals surface area contributed by atoms with Crippen molar-refractivity contribution >= 4 is 9.68 Å². The highest BCUT2D eigenvalue weighted by Gasteiger charge is 1.86. The zero-order chi connectivity index (χ0) is 5.70. The van der Waals surface area contributed by atoms with Gasteiger partial charge in [0.2, 0.25) is 0 Å². The topological polar surface area (TPSA) is 12.0 Å². The predicted octanol–water partition coefficient (Wildman–Crippen LogP) is 0.506. The van der Waals surface area contributed by atoms with Gasteiger partial charge in [-0.25, -0.2) is 0 Å². The van der Waals surface area contributed by atoms with Gasteiger partial charge >= 0.3 is 0 Å². The Labute approximate surface area is 48.4 Å². The highest BCUT2D eigenvalue weighted by atomic mass is 28.2. The molecule has 44 valence electrons. The van der Waals surface area contributed by atoms with Crippen molar-refractivity contribution in [1.29, 1.82) is 0 Å². The molecule has 0 spiro atoms. The lowest BCUT2D eigenvalue weighted by Crippen LogP contribution is -2.25. The number of hydrogen-bond donors (Lipinski definition) is 1. The molecule has 0 aliphatic carbocycles. The molecule has 0 unspecified atom stereocenters. The lowest BCUT2D eigenvalue weighted by molar-refractivity contribution is 0.751. The van der Waals surface area contributed by atoms with Gasteiger partial charge in [0.05, 0.1) is 9.68 Å². The molecule has 0 saturated heterocycles. The summed E-state index contributed by atoms with van der Waals surface area (Å²) in [4.78, 5) is 3.43. The molecule has 1 nitrogen and oxygen atoms in total. The standard InChI is InChI=1S/C5H15NSi/c1-4-7-6-5(2)3/h5-6H,4,7H2,1-3H3. The largest absolute Gasteiger partial charge is 0.340 e. The van der Waals surface area contributed by atoms with Crippen molar-refractivity contribution in [3.8, 4) is 0 Å². The Bertz CT molecular complexity index is 37.1. The van der Waals surface area contributed by atoms with Gasteiger partial charge in [-0.3, -0.25) is 0 Å².